The molecule has 0 bridgehead atoms. The molecule has 0 saturated carbocycles. The Balaban J connectivity index is 2.42. The largest absolute Gasteiger partial charge is 0.289 e. The van der Waals surface area contributed by atoms with Crippen molar-refractivity contribution in [2.45, 2.75) is 6.92 Å². The van der Waals surface area contributed by atoms with Crippen LogP contribution in [0.25, 0.3) is 0 Å². The van der Waals surface area contributed by atoms with E-state index in [0.717, 1.165) is 17.7 Å². The van der Waals surface area contributed by atoms with Gasteiger partial charge in [-0.15, -0.1) is 0 Å². The Morgan fingerprint density at radius 3 is 2.50 bits per heavy atom. The molecule has 0 radical (unpaired) electrons. The van der Waals surface area contributed by atoms with Crippen LogP contribution in [0, 0.1) is 18.6 Å². The van der Waals surface area contributed by atoms with E-state index in [1.165, 1.54) is 17.4 Å². The van der Waals surface area contributed by atoms with Crippen molar-refractivity contribution in [3.8, 4) is 0 Å². The number of rotatable bonds is 2. The molecule has 0 unspecified atom stereocenters. The maximum absolute atomic E-state index is 13.0. The lowest BCUT2D eigenvalue weighted by molar-refractivity contribution is 0.103. The molecule has 0 N–H and O–H groups in total. The Kier molecular flexibility index (Phi) is 2.83. The molecule has 0 amide bonds. The number of benzene rings is 1. The zero-order valence-electron chi connectivity index (χ0n) is 8.46. The second-order valence-corrected chi connectivity index (χ2v) is 4.17. The molecule has 0 fully saturated rings. The third-order valence-electron chi connectivity index (χ3n) is 2.28. The Morgan fingerprint density at radius 2 is 1.94 bits per heavy atom. The van der Waals surface area contributed by atoms with E-state index in [1.807, 2.05) is 12.3 Å². The fourth-order valence-electron chi connectivity index (χ4n) is 1.39. The van der Waals surface area contributed by atoms with E-state index in [0.29, 0.717) is 5.56 Å². The minimum absolute atomic E-state index is 0.167. The van der Waals surface area contributed by atoms with Gasteiger partial charge >= 0.3 is 0 Å². The normalized spacial score (nSPS) is 10.4. The number of ketones is 1. The Morgan fingerprint density at radius 1 is 1.19 bits per heavy atom. The monoisotopic (exact) mass is 238 g/mol. The summed E-state index contributed by atoms with van der Waals surface area (Å²) < 4.78 is 25.7. The highest BCUT2D eigenvalue weighted by atomic mass is 32.1. The average Bonchev–Trinajstić information content (AvgIpc) is 2.67. The number of hydrogen-bond donors (Lipinski definition) is 0. The van der Waals surface area contributed by atoms with Gasteiger partial charge in [-0.1, -0.05) is 0 Å². The van der Waals surface area contributed by atoms with Crippen molar-refractivity contribution >= 4 is 17.1 Å². The number of hydrogen-bond acceptors (Lipinski definition) is 2. The SMILES string of the molecule is Cc1cscc1C(=O)c1ccc(F)c(F)c1. The highest BCUT2D eigenvalue weighted by Crippen LogP contribution is 2.19. The lowest BCUT2D eigenvalue weighted by Crippen LogP contribution is -2.02. The molecule has 0 aliphatic rings. The highest BCUT2D eigenvalue weighted by Gasteiger charge is 2.14. The van der Waals surface area contributed by atoms with Crippen molar-refractivity contribution in [3.05, 3.63) is 57.3 Å². The van der Waals surface area contributed by atoms with Gasteiger partial charge in [0.25, 0.3) is 0 Å². The van der Waals surface area contributed by atoms with E-state index in [1.54, 1.807) is 5.38 Å². The molecule has 4 heteroatoms. The van der Waals surface area contributed by atoms with Crippen LogP contribution < -0.4 is 0 Å². The molecule has 0 atom stereocenters. The quantitative estimate of drug-likeness (QED) is 0.731. The van der Waals surface area contributed by atoms with Gasteiger partial charge in [0, 0.05) is 16.5 Å². The molecule has 0 saturated heterocycles. The van der Waals surface area contributed by atoms with Crippen molar-refractivity contribution in [2.75, 3.05) is 0 Å². The first-order chi connectivity index (χ1) is 7.59. The molecule has 2 aromatic rings. The predicted molar refractivity (Wildman–Crippen MR) is 58.8 cm³/mol. The van der Waals surface area contributed by atoms with Crippen LogP contribution >= 0.6 is 11.3 Å². The van der Waals surface area contributed by atoms with Crippen molar-refractivity contribution in [3.63, 3.8) is 0 Å². The molecule has 0 aliphatic heterocycles. The standard InChI is InChI=1S/C12H8F2OS/c1-7-5-16-6-9(7)12(15)8-2-3-10(13)11(14)4-8/h2-6H,1H3. The third-order valence-corrected chi connectivity index (χ3v) is 3.14. The Hall–Kier alpha value is -1.55. The summed E-state index contributed by atoms with van der Waals surface area (Å²) in [5, 5.41) is 3.55. The highest BCUT2D eigenvalue weighted by molar-refractivity contribution is 7.08. The number of aryl methyl sites for hydroxylation is 1. The van der Waals surface area contributed by atoms with E-state index >= 15 is 0 Å². The van der Waals surface area contributed by atoms with Crippen LogP contribution in [0.1, 0.15) is 21.5 Å². The summed E-state index contributed by atoms with van der Waals surface area (Å²) in [6.07, 6.45) is 0. The van der Waals surface area contributed by atoms with Gasteiger partial charge in [-0.25, -0.2) is 8.78 Å². The van der Waals surface area contributed by atoms with Gasteiger partial charge < -0.3 is 0 Å². The maximum atomic E-state index is 13.0. The van der Waals surface area contributed by atoms with Crippen molar-refractivity contribution in [2.24, 2.45) is 0 Å². The summed E-state index contributed by atoms with van der Waals surface area (Å²) in [5.41, 5.74) is 1.55. The van der Waals surface area contributed by atoms with Gasteiger partial charge in [-0.2, -0.15) is 11.3 Å². The minimum atomic E-state index is -1.00. The molecule has 1 aromatic heterocycles. The van der Waals surface area contributed by atoms with Gasteiger partial charge in [0.15, 0.2) is 17.4 Å². The number of thiophene rings is 1. The number of carbonyl (C=O) groups excluding carboxylic acids is 1. The molecule has 0 aliphatic carbocycles. The summed E-state index contributed by atoms with van der Waals surface area (Å²) in [6, 6.07) is 3.18. The number of halogens is 2. The minimum Gasteiger partial charge on any atom is -0.289 e. The van der Waals surface area contributed by atoms with Crippen LogP contribution in [0.3, 0.4) is 0 Å². The first-order valence-electron chi connectivity index (χ1n) is 4.62. The second-order valence-electron chi connectivity index (χ2n) is 3.43. The van der Waals surface area contributed by atoms with E-state index in [4.69, 9.17) is 0 Å². The summed E-state index contributed by atoms with van der Waals surface area (Å²) in [4.78, 5) is 11.9. The molecule has 1 nitrogen and oxygen atoms in total. The van der Waals surface area contributed by atoms with Crippen LogP contribution in [0.4, 0.5) is 8.78 Å². The van der Waals surface area contributed by atoms with E-state index in [9.17, 15) is 13.6 Å². The molecule has 1 heterocycles. The van der Waals surface area contributed by atoms with Gasteiger partial charge in [-0.05, 0) is 36.1 Å². The maximum Gasteiger partial charge on any atom is 0.194 e. The fraction of sp³-hybridized carbons (Fsp3) is 0.0833. The zero-order chi connectivity index (χ0) is 11.7. The molecule has 82 valence electrons. The van der Waals surface area contributed by atoms with Crippen molar-refractivity contribution in [1.29, 1.82) is 0 Å². The summed E-state index contributed by atoms with van der Waals surface area (Å²) in [7, 11) is 0. The van der Waals surface area contributed by atoms with Crippen LogP contribution in [0.2, 0.25) is 0 Å². The van der Waals surface area contributed by atoms with Gasteiger partial charge in [0.05, 0.1) is 0 Å². The lowest BCUT2D eigenvalue weighted by Gasteiger charge is -2.01. The third kappa shape index (κ3) is 1.88. The zero-order valence-corrected chi connectivity index (χ0v) is 9.28. The molecule has 1 aromatic carbocycles. The summed E-state index contributed by atoms with van der Waals surface area (Å²) in [5.74, 6) is -2.23. The van der Waals surface area contributed by atoms with Crippen LogP contribution in [0.5, 0.6) is 0 Å². The molecular formula is C12H8F2OS. The van der Waals surface area contributed by atoms with Crippen LogP contribution in [0.15, 0.2) is 29.0 Å². The Bertz CT molecular complexity index is 546. The smallest absolute Gasteiger partial charge is 0.194 e. The Labute approximate surface area is 95.4 Å². The molecule has 0 spiro atoms. The van der Waals surface area contributed by atoms with E-state index in [-0.39, 0.29) is 11.3 Å². The number of carbonyl (C=O) groups is 1. The first-order valence-corrected chi connectivity index (χ1v) is 5.56. The van der Waals surface area contributed by atoms with Crippen LogP contribution in [-0.2, 0) is 0 Å². The predicted octanol–water partition coefficient (Wildman–Crippen LogP) is 3.57. The molecular weight excluding hydrogens is 230 g/mol. The van der Waals surface area contributed by atoms with Crippen molar-refractivity contribution in [1.82, 2.24) is 0 Å². The first kappa shape index (κ1) is 11.0. The van der Waals surface area contributed by atoms with E-state index in [2.05, 4.69) is 0 Å². The molecule has 2 rings (SSSR count). The molecule has 16 heavy (non-hydrogen) atoms. The van der Waals surface area contributed by atoms with Gasteiger partial charge in [0.2, 0.25) is 0 Å². The fourth-order valence-corrected chi connectivity index (χ4v) is 2.21. The van der Waals surface area contributed by atoms with Crippen LogP contribution in [-0.4, -0.2) is 5.78 Å². The second kappa shape index (κ2) is 4.14. The summed E-state index contributed by atoms with van der Waals surface area (Å²) >= 11 is 1.41. The summed E-state index contributed by atoms with van der Waals surface area (Å²) in [6.45, 7) is 1.81. The average molecular weight is 238 g/mol. The lowest BCUT2D eigenvalue weighted by atomic mass is 10.0. The van der Waals surface area contributed by atoms with E-state index < -0.39 is 11.6 Å². The van der Waals surface area contributed by atoms with Gasteiger partial charge in [-0.3, -0.25) is 4.79 Å². The van der Waals surface area contributed by atoms with Gasteiger partial charge in [0.1, 0.15) is 0 Å². The van der Waals surface area contributed by atoms with Crippen molar-refractivity contribution < 1.29 is 13.6 Å². The topological polar surface area (TPSA) is 17.1 Å².